The van der Waals surface area contributed by atoms with Crippen LogP contribution in [-0.4, -0.2) is 44.5 Å². The molecule has 0 bridgehead atoms. The van der Waals surface area contributed by atoms with Crippen LogP contribution in [0.1, 0.15) is 48.4 Å². The molecule has 1 fully saturated rings. The van der Waals surface area contributed by atoms with Crippen molar-refractivity contribution in [2.75, 3.05) is 14.2 Å². The number of benzene rings is 6. The third-order valence-corrected chi connectivity index (χ3v) is 11.7. The maximum absolute atomic E-state index is 12.1. The molecule has 0 unspecified atom stereocenters. The van der Waals surface area contributed by atoms with E-state index in [9.17, 15) is 9.59 Å². The van der Waals surface area contributed by atoms with Gasteiger partial charge >= 0.3 is 19.1 Å². The van der Waals surface area contributed by atoms with Crippen LogP contribution in [0.15, 0.2) is 141 Å². The van der Waals surface area contributed by atoms with Crippen LogP contribution in [-0.2, 0) is 18.8 Å². The Balaban J connectivity index is 0.000000137. The van der Waals surface area contributed by atoms with Crippen LogP contribution in [0.2, 0.25) is 0 Å². The number of furan rings is 2. The second kappa shape index (κ2) is 16.5. The monoisotopic (exact) mass is 936 g/mol. The largest absolute Gasteiger partial charge is 0.495 e. The minimum absolute atomic E-state index is 0.305. The van der Waals surface area contributed by atoms with Crippen LogP contribution < -0.4 is 5.46 Å². The number of ether oxygens (including phenoxy) is 2. The first kappa shape index (κ1) is 40.3. The summed E-state index contributed by atoms with van der Waals surface area (Å²) in [6.45, 7) is 8.28. The Bertz CT molecular complexity index is 2750. The molecule has 0 N–H and O–H groups in total. The zero-order valence-corrected chi connectivity index (χ0v) is 36.0. The predicted molar refractivity (Wildman–Crippen MR) is 238 cm³/mol. The molecule has 6 aromatic carbocycles. The van der Waals surface area contributed by atoms with E-state index in [0.717, 1.165) is 68.5 Å². The molecule has 0 aliphatic carbocycles. The minimum Gasteiger partial charge on any atom is -0.465 e. The van der Waals surface area contributed by atoms with E-state index in [2.05, 4.69) is 83.1 Å². The van der Waals surface area contributed by atoms with Crippen LogP contribution in [0.5, 0.6) is 0 Å². The van der Waals surface area contributed by atoms with E-state index in [0.29, 0.717) is 11.1 Å². The fraction of sp³-hybridized carbons (Fsp3) is 0.174. The minimum atomic E-state index is -0.380. The van der Waals surface area contributed by atoms with Crippen molar-refractivity contribution in [1.29, 1.82) is 0 Å². The van der Waals surface area contributed by atoms with Gasteiger partial charge in [0.25, 0.3) is 0 Å². The number of hydrogen-bond donors (Lipinski definition) is 0. The Morgan fingerprint density at radius 3 is 1.70 bits per heavy atom. The fourth-order valence-electron chi connectivity index (χ4n) is 6.74. The predicted octanol–water partition coefficient (Wildman–Crippen LogP) is 11.8. The highest BCUT2D eigenvalue weighted by Gasteiger charge is 2.52. The fourth-order valence-corrected chi connectivity index (χ4v) is 7.65. The molecule has 288 valence electrons. The van der Waals surface area contributed by atoms with E-state index in [1.54, 1.807) is 12.1 Å². The van der Waals surface area contributed by atoms with E-state index >= 15 is 0 Å². The van der Waals surface area contributed by atoms with Gasteiger partial charge < -0.3 is 27.6 Å². The third kappa shape index (κ3) is 7.98. The normalized spacial score (nSPS) is 14.2. The van der Waals surface area contributed by atoms with Gasteiger partial charge in [0.15, 0.2) is 0 Å². The van der Waals surface area contributed by atoms with Gasteiger partial charge in [0.2, 0.25) is 0 Å². The summed E-state index contributed by atoms with van der Waals surface area (Å²) < 4.78 is 35.6. The maximum Gasteiger partial charge on any atom is 0.495 e. The molecule has 0 saturated carbocycles. The number of carbonyl (C=O) groups is 2. The molecular weight excluding hydrogens is 898 g/mol. The zero-order chi connectivity index (χ0) is 40.5. The summed E-state index contributed by atoms with van der Waals surface area (Å²) in [5, 5.41) is 4.23. The van der Waals surface area contributed by atoms with Gasteiger partial charge in [0.05, 0.1) is 36.5 Å². The summed E-state index contributed by atoms with van der Waals surface area (Å²) >= 11 is 5.38. The maximum atomic E-state index is 12.1. The summed E-state index contributed by atoms with van der Waals surface area (Å²) in [5.74, 6) is -0.647. The van der Waals surface area contributed by atoms with Gasteiger partial charge in [0, 0.05) is 29.6 Å². The number of esters is 2. The van der Waals surface area contributed by atoms with Crippen molar-refractivity contribution in [3.8, 4) is 11.1 Å². The molecule has 0 atom stereocenters. The first-order chi connectivity index (χ1) is 27.3. The number of hydrogen-bond acceptors (Lipinski definition) is 8. The van der Waals surface area contributed by atoms with E-state index in [1.807, 2.05) is 103 Å². The van der Waals surface area contributed by atoms with E-state index in [1.165, 1.54) is 14.2 Å². The van der Waals surface area contributed by atoms with Crippen molar-refractivity contribution in [3.05, 3.63) is 147 Å². The first-order valence-electron chi connectivity index (χ1n) is 18.2. The van der Waals surface area contributed by atoms with Gasteiger partial charge in [-0.15, -0.1) is 0 Å². The SMILES string of the molecule is CC1(C)OB(c2cccc3oc4ccccc4c23)OC1(C)C.COC(=O)c1cc(Br)ccc1I.COC(=O)c1ccccc1-c1cccc2oc3ccccc3c12. The van der Waals surface area contributed by atoms with E-state index in [4.69, 9.17) is 22.9 Å². The second-order valence-corrected chi connectivity index (χ2v) is 16.4. The molecule has 11 heteroatoms. The average Bonchev–Trinajstić information content (AvgIpc) is 3.86. The molecule has 1 aliphatic heterocycles. The second-order valence-electron chi connectivity index (χ2n) is 14.3. The number of para-hydroxylation sites is 2. The quantitative estimate of drug-likeness (QED) is 0.0978. The highest BCUT2D eigenvalue weighted by atomic mass is 127. The lowest BCUT2D eigenvalue weighted by molar-refractivity contribution is 0.00578. The molecule has 0 spiro atoms. The molecule has 9 rings (SSSR count). The highest BCUT2D eigenvalue weighted by Crippen LogP contribution is 2.39. The average molecular weight is 937 g/mol. The van der Waals surface area contributed by atoms with Crippen LogP contribution in [0.3, 0.4) is 0 Å². The Morgan fingerprint density at radius 1 is 0.579 bits per heavy atom. The van der Waals surface area contributed by atoms with Crippen molar-refractivity contribution in [2.45, 2.75) is 38.9 Å². The molecule has 0 amide bonds. The third-order valence-electron chi connectivity index (χ3n) is 10.3. The molecule has 57 heavy (non-hydrogen) atoms. The summed E-state index contributed by atoms with van der Waals surface area (Å²) in [6.07, 6.45) is 0. The van der Waals surface area contributed by atoms with Crippen LogP contribution >= 0.6 is 38.5 Å². The van der Waals surface area contributed by atoms with Gasteiger partial charge in [-0.1, -0.05) is 94.8 Å². The van der Waals surface area contributed by atoms with Gasteiger partial charge in [0.1, 0.15) is 22.3 Å². The van der Waals surface area contributed by atoms with Crippen molar-refractivity contribution >= 4 is 107 Å². The van der Waals surface area contributed by atoms with Gasteiger partial charge in [-0.25, -0.2) is 9.59 Å². The van der Waals surface area contributed by atoms with Crippen molar-refractivity contribution < 1.29 is 37.2 Å². The molecule has 0 radical (unpaired) electrons. The molecular formula is C46H39BBrIO8. The summed E-state index contributed by atoms with van der Waals surface area (Å²) in [6, 6.07) is 40.9. The van der Waals surface area contributed by atoms with Crippen molar-refractivity contribution in [2.24, 2.45) is 0 Å². The van der Waals surface area contributed by atoms with Crippen molar-refractivity contribution in [1.82, 2.24) is 0 Å². The summed E-state index contributed by atoms with van der Waals surface area (Å²) in [5.41, 5.74) is 6.69. The number of rotatable bonds is 4. The van der Waals surface area contributed by atoms with Crippen LogP contribution in [0, 0.1) is 3.57 Å². The van der Waals surface area contributed by atoms with Crippen LogP contribution in [0.25, 0.3) is 55.0 Å². The lowest BCUT2D eigenvalue weighted by atomic mass is 9.76. The van der Waals surface area contributed by atoms with Crippen molar-refractivity contribution in [3.63, 3.8) is 0 Å². The van der Waals surface area contributed by atoms with Gasteiger partial charge in [-0.3, -0.25) is 0 Å². The van der Waals surface area contributed by atoms with E-state index < -0.39 is 0 Å². The highest BCUT2D eigenvalue weighted by molar-refractivity contribution is 14.1. The molecule has 1 saturated heterocycles. The Labute approximate surface area is 352 Å². The molecule has 1 aliphatic rings. The first-order valence-corrected chi connectivity index (χ1v) is 20.1. The molecule has 3 heterocycles. The molecule has 8 aromatic rings. The Kier molecular flexibility index (Phi) is 11.7. The number of methoxy groups -OCH3 is 2. The van der Waals surface area contributed by atoms with Crippen LogP contribution in [0.4, 0.5) is 0 Å². The number of halogens is 2. The topological polar surface area (TPSA) is 97.3 Å². The van der Waals surface area contributed by atoms with E-state index in [-0.39, 0.29) is 30.3 Å². The standard InChI is InChI=1S/C20H14O3.C18H19BO3.C8H6BrIO2/c1-22-20(21)15-8-3-2-7-13(15)14-10-6-12-18-19(14)16-9-4-5-11-17(16)23-18;1-17(2)18(3,4)22-19(21-17)13-9-7-11-15-16(13)12-8-5-6-10-14(12)20-15;1-12-8(11)6-4-5(9)2-3-7(6)10/h2-12H,1H3;5-11H,1-4H3;2-4H,1H3. The number of carbonyl (C=O) groups excluding carboxylic acids is 2. The summed E-state index contributed by atoms with van der Waals surface area (Å²) in [4.78, 5) is 23.2. The lowest BCUT2D eigenvalue weighted by Crippen LogP contribution is -2.41. The van der Waals surface area contributed by atoms with Gasteiger partial charge in [-0.05, 0) is 115 Å². The van der Waals surface area contributed by atoms with Gasteiger partial charge in [-0.2, -0.15) is 0 Å². The Morgan fingerprint density at radius 2 is 1.07 bits per heavy atom. The molecule has 8 nitrogen and oxygen atoms in total. The lowest BCUT2D eigenvalue weighted by Gasteiger charge is -2.32. The molecule has 2 aromatic heterocycles. The summed E-state index contributed by atoms with van der Waals surface area (Å²) in [7, 11) is 2.39. The zero-order valence-electron chi connectivity index (χ0n) is 32.2. The Hall–Kier alpha value is -4.95. The smallest absolute Gasteiger partial charge is 0.465 e. The number of fused-ring (bicyclic) bond motifs is 6.